The molecule has 0 aliphatic heterocycles. The molecule has 0 atom stereocenters. The summed E-state index contributed by atoms with van der Waals surface area (Å²) in [6, 6.07) is 23.4. The minimum absolute atomic E-state index is 0.213. The van der Waals surface area contributed by atoms with Gasteiger partial charge in [0.15, 0.2) is 9.84 Å². The average molecular weight is 447 g/mol. The van der Waals surface area contributed by atoms with E-state index in [0.29, 0.717) is 34.5 Å². The molecule has 0 saturated carbocycles. The molecular formula is C25H22N2O4S. The second-order valence-corrected chi connectivity index (χ2v) is 9.39. The summed E-state index contributed by atoms with van der Waals surface area (Å²) in [6.45, 7) is 0.328. The van der Waals surface area contributed by atoms with Gasteiger partial charge in [-0.2, -0.15) is 5.10 Å². The standard InChI is InChI=1S/C25H22N2O4S/c1-31-23-11-7-6-10-21(23)24-22(19-12-14-20(15-13-19)32(2,29)30)16-26-27(25(24)28)17-18-8-4-3-5-9-18/h3-16H,17H2,1-2H3. The zero-order valence-electron chi connectivity index (χ0n) is 17.7. The number of hydrogen-bond donors (Lipinski definition) is 0. The Labute approximate surface area is 186 Å². The van der Waals surface area contributed by atoms with Crippen molar-refractivity contribution < 1.29 is 13.2 Å². The molecule has 0 aliphatic rings. The molecule has 0 unspecified atom stereocenters. The van der Waals surface area contributed by atoms with Crippen molar-refractivity contribution in [1.82, 2.24) is 9.78 Å². The first-order valence-electron chi connectivity index (χ1n) is 9.96. The summed E-state index contributed by atoms with van der Waals surface area (Å²) in [7, 11) is -1.77. The number of aromatic nitrogens is 2. The summed E-state index contributed by atoms with van der Waals surface area (Å²) < 4.78 is 30.6. The summed E-state index contributed by atoms with van der Waals surface area (Å²) in [6.07, 6.45) is 2.80. The molecule has 0 amide bonds. The van der Waals surface area contributed by atoms with Gasteiger partial charge in [-0.25, -0.2) is 13.1 Å². The molecule has 1 heterocycles. The molecule has 162 valence electrons. The van der Waals surface area contributed by atoms with E-state index in [0.717, 1.165) is 11.8 Å². The lowest BCUT2D eigenvalue weighted by atomic mass is 9.96. The van der Waals surface area contributed by atoms with E-state index < -0.39 is 9.84 Å². The summed E-state index contributed by atoms with van der Waals surface area (Å²) in [5.74, 6) is 0.566. The van der Waals surface area contributed by atoms with Gasteiger partial charge in [0.05, 0.1) is 30.3 Å². The number of ether oxygens (including phenoxy) is 1. The summed E-state index contributed by atoms with van der Waals surface area (Å²) in [5, 5.41) is 4.41. The zero-order chi connectivity index (χ0) is 22.7. The number of para-hydroxylation sites is 1. The maximum absolute atomic E-state index is 13.6. The molecule has 0 aliphatic carbocycles. The first-order chi connectivity index (χ1) is 15.4. The maximum Gasteiger partial charge on any atom is 0.275 e. The van der Waals surface area contributed by atoms with Gasteiger partial charge in [0.25, 0.3) is 5.56 Å². The van der Waals surface area contributed by atoms with Gasteiger partial charge in [0.2, 0.25) is 0 Å². The number of benzene rings is 3. The van der Waals surface area contributed by atoms with Gasteiger partial charge in [-0.1, -0.05) is 60.7 Å². The Kier molecular flexibility index (Phi) is 5.92. The van der Waals surface area contributed by atoms with E-state index in [4.69, 9.17) is 4.74 Å². The summed E-state index contributed by atoms with van der Waals surface area (Å²) in [5.41, 5.74) is 3.08. The Balaban J connectivity index is 1.92. The van der Waals surface area contributed by atoms with Gasteiger partial charge in [0, 0.05) is 17.4 Å². The average Bonchev–Trinajstić information content (AvgIpc) is 2.80. The van der Waals surface area contributed by atoms with Gasteiger partial charge < -0.3 is 4.74 Å². The lowest BCUT2D eigenvalue weighted by Gasteiger charge is -2.15. The number of sulfone groups is 1. The molecule has 7 heteroatoms. The van der Waals surface area contributed by atoms with E-state index in [2.05, 4.69) is 5.10 Å². The molecule has 0 saturated heterocycles. The largest absolute Gasteiger partial charge is 0.496 e. The fourth-order valence-electron chi connectivity index (χ4n) is 3.57. The van der Waals surface area contributed by atoms with Gasteiger partial charge in [0.1, 0.15) is 5.75 Å². The van der Waals surface area contributed by atoms with Crippen LogP contribution in [-0.2, 0) is 16.4 Å². The topological polar surface area (TPSA) is 78.3 Å². The van der Waals surface area contributed by atoms with Crippen LogP contribution in [0.15, 0.2) is 94.7 Å². The molecule has 0 radical (unpaired) electrons. The number of methoxy groups -OCH3 is 1. The van der Waals surface area contributed by atoms with E-state index in [1.165, 1.54) is 16.8 Å². The van der Waals surface area contributed by atoms with Crippen molar-refractivity contribution in [3.05, 3.63) is 101 Å². The lowest BCUT2D eigenvalue weighted by Crippen LogP contribution is -2.25. The van der Waals surface area contributed by atoms with Crippen molar-refractivity contribution in [1.29, 1.82) is 0 Å². The van der Waals surface area contributed by atoms with E-state index in [-0.39, 0.29) is 10.5 Å². The van der Waals surface area contributed by atoms with Gasteiger partial charge in [-0.15, -0.1) is 0 Å². The third kappa shape index (κ3) is 4.33. The monoisotopic (exact) mass is 446 g/mol. The highest BCUT2D eigenvalue weighted by molar-refractivity contribution is 7.90. The second-order valence-electron chi connectivity index (χ2n) is 7.38. The smallest absolute Gasteiger partial charge is 0.275 e. The van der Waals surface area contributed by atoms with Crippen LogP contribution in [-0.4, -0.2) is 31.6 Å². The molecule has 4 aromatic rings. The third-order valence-corrected chi connectivity index (χ3v) is 6.32. The Morgan fingerprint density at radius 3 is 2.19 bits per heavy atom. The fraction of sp³-hybridized carbons (Fsp3) is 0.120. The predicted octanol–water partition coefficient (Wildman–Crippen LogP) is 4.04. The van der Waals surface area contributed by atoms with Crippen molar-refractivity contribution in [2.45, 2.75) is 11.4 Å². The molecule has 3 aromatic carbocycles. The predicted molar refractivity (Wildman–Crippen MR) is 125 cm³/mol. The number of hydrogen-bond acceptors (Lipinski definition) is 5. The van der Waals surface area contributed by atoms with Crippen molar-refractivity contribution in [2.75, 3.05) is 13.4 Å². The molecule has 0 bridgehead atoms. The highest BCUT2D eigenvalue weighted by Crippen LogP contribution is 2.34. The second kappa shape index (κ2) is 8.80. The summed E-state index contributed by atoms with van der Waals surface area (Å²) in [4.78, 5) is 13.8. The number of nitrogens with zero attached hydrogens (tertiary/aromatic N) is 2. The maximum atomic E-state index is 13.6. The Bertz CT molecular complexity index is 1410. The van der Waals surface area contributed by atoms with Gasteiger partial charge in [-0.05, 0) is 29.3 Å². The molecule has 4 rings (SSSR count). The van der Waals surface area contributed by atoms with Crippen LogP contribution >= 0.6 is 0 Å². The Morgan fingerprint density at radius 2 is 1.53 bits per heavy atom. The molecule has 0 N–H and O–H groups in total. The highest BCUT2D eigenvalue weighted by Gasteiger charge is 2.19. The van der Waals surface area contributed by atoms with Crippen LogP contribution in [0.25, 0.3) is 22.3 Å². The van der Waals surface area contributed by atoms with Crippen molar-refractivity contribution in [2.24, 2.45) is 0 Å². The lowest BCUT2D eigenvalue weighted by molar-refractivity contribution is 0.416. The minimum Gasteiger partial charge on any atom is -0.496 e. The van der Waals surface area contributed by atoms with Crippen LogP contribution in [0.3, 0.4) is 0 Å². The highest BCUT2D eigenvalue weighted by atomic mass is 32.2. The first kappa shape index (κ1) is 21.5. The normalized spacial score (nSPS) is 11.3. The molecule has 1 aromatic heterocycles. The zero-order valence-corrected chi connectivity index (χ0v) is 18.5. The van der Waals surface area contributed by atoms with Gasteiger partial charge in [-0.3, -0.25) is 4.79 Å². The van der Waals surface area contributed by atoms with E-state index in [1.54, 1.807) is 31.5 Å². The van der Waals surface area contributed by atoms with Crippen LogP contribution in [0, 0.1) is 0 Å². The minimum atomic E-state index is -3.33. The fourth-order valence-corrected chi connectivity index (χ4v) is 4.20. The van der Waals surface area contributed by atoms with Crippen molar-refractivity contribution >= 4 is 9.84 Å². The Morgan fingerprint density at radius 1 is 0.875 bits per heavy atom. The summed E-state index contributed by atoms with van der Waals surface area (Å²) >= 11 is 0. The van der Waals surface area contributed by atoms with E-state index in [1.807, 2.05) is 48.5 Å². The van der Waals surface area contributed by atoms with Crippen molar-refractivity contribution in [3.8, 4) is 28.0 Å². The number of rotatable bonds is 6. The van der Waals surface area contributed by atoms with Gasteiger partial charge >= 0.3 is 0 Å². The quantitative estimate of drug-likeness (QED) is 0.447. The molecule has 32 heavy (non-hydrogen) atoms. The first-order valence-corrected chi connectivity index (χ1v) is 11.9. The SMILES string of the molecule is COc1ccccc1-c1c(-c2ccc(S(C)(=O)=O)cc2)cnn(Cc2ccccc2)c1=O. The Hall–Kier alpha value is -3.71. The van der Waals surface area contributed by atoms with Crippen LogP contribution in [0.1, 0.15) is 5.56 Å². The van der Waals surface area contributed by atoms with Crippen LogP contribution < -0.4 is 10.3 Å². The molecule has 6 nitrogen and oxygen atoms in total. The van der Waals surface area contributed by atoms with Crippen LogP contribution in [0.5, 0.6) is 5.75 Å². The van der Waals surface area contributed by atoms with Crippen LogP contribution in [0.2, 0.25) is 0 Å². The van der Waals surface area contributed by atoms with Crippen molar-refractivity contribution in [3.63, 3.8) is 0 Å². The van der Waals surface area contributed by atoms with E-state index in [9.17, 15) is 13.2 Å². The third-order valence-electron chi connectivity index (χ3n) is 5.19. The molecular weight excluding hydrogens is 424 g/mol. The molecule has 0 spiro atoms. The van der Waals surface area contributed by atoms with Crippen LogP contribution in [0.4, 0.5) is 0 Å². The van der Waals surface area contributed by atoms with E-state index >= 15 is 0 Å². The molecule has 0 fully saturated rings.